The molecule has 0 atom stereocenters. The first-order chi connectivity index (χ1) is 20.9. The second kappa shape index (κ2) is 8.20. The van der Waals surface area contributed by atoms with Gasteiger partial charge in [-0.05, 0) is 119 Å². The first-order valence-electron chi connectivity index (χ1n) is 16.6. The summed E-state index contributed by atoms with van der Waals surface area (Å²) in [6.07, 6.45) is 7.16. The molecule has 0 aliphatic heterocycles. The van der Waals surface area contributed by atoms with E-state index < -0.39 is 0 Å². The number of hydrogen-bond donors (Lipinski definition) is 0. The van der Waals surface area contributed by atoms with E-state index in [4.69, 9.17) is 0 Å². The lowest BCUT2D eigenvalue weighted by Crippen LogP contribution is -2.55. The number of nitrogens with zero attached hydrogens (tertiary/aromatic N) is 1. The Kier molecular flexibility index (Phi) is 4.69. The average molecular weight is 558 g/mol. The third-order valence-corrected chi connectivity index (χ3v) is 12.3. The van der Waals surface area contributed by atoms with Gasteiger partial charge >= 0.3 is 0 Å². The van der Waals surface area contributed by atoms with Crippen molar-refractivity contribution >= 4 is 32.6 Å². The van der Waals surface area contributed by atoms with Crippen LogP contribution in [-0.4, -0.2) is 4.57 Å². The molecular formula is C42H39N. The molecule has 212 valence electrons. The van der Waals surface area contributed by atoms with Crippen LogP contribution in [0.2, 0.25) is 0 Å². The molecule has 0 unspecified atom stereocenters. The second-order valence-corrected chi connectivity index (χ2v) is 15.4. The van der Waals surface area contributed by atoms with Crippen LogP contribution in [0.25, 0.3) is 49.4 Å². The van der Waals surface area contributed by atoms with Crippen LogP contribution in [-0.2, 0) is 10.8 Å². The monoisotopic (exact) mass is 557 g/mol. The summed E-state index contributed by atoms with van der Waals surface area (Å²) in [5.74, 6) is 3.45. The van der Waals surface area contributed by atoms with E-state index in [0.29, 0.717) is 0 Å². The summed E-state index contributed by atoms with van der Waals surface area (Å²) in [4.78, 5) is 0. The molecule has 4 saturated carbocycles. The summed E-state index contributed by atoms with van der Waals surface area (Å²) in [5.41, 5.74) is 11.9. The lowest BCUT2D eigenvalue weighted by molar-refractivity contribution is -0.0399. The highest BCUT2D eigenvalue weighted by Gasteiger charge is 2.61. The van der Waals surface area contributed by atoms with Crippen molar-refractivity contribution in [2.24, 2.45) is 23.7 Å². The minimum absolute atomic E-state index is 0.129. The van der Waals surface area contributed by atoms with E-state index in [-0.39, 0.29) is 10.8 Å². The largest absolute Gasteiger partial charge is 0.309 e. The van der Waals surface area contributed by atoms with Crippen LogP contribution in [0.4, 0.5) is 0 Å². The zero-order chi connectivity index (χ0) is 28.7. The second-order valence-electron chi connectivity index (χ2n) is 15.4. The van der Waals surface area contributed by atoms with Crippen molar-refractivity contribution in [3.8, 4) is 16.8 Å². The zero-order valence-corrected chi connectivity index (χ0v) is 25.5. The van der Waals surface area contributed by atoms with Gasteiger partial charge in [0.25, 0.3) is 0 Å². The van der Waals surface area contributed by atoms with Crippen LogP contribution in [0.3, 0.4) is 0 Å². The molecule has 1 spiro atoms. The summed E-state index contributed by atoms with van der Waals surface area (Å²) >= 11 is 0. The van der Waals surface area contributed by atoms with Crippen molar-refractivity contribution in [1.29, 1.82) is 0 Å². The van der Waals surface area contributed by atoms with Crippen molar-refractivity contribution in [1.82, 2.24) is 4.57 Å². The van der Waals surface area contributed by atoms with Crippen molar-refractivity contribution in [2.75, 3.05) is 0 Å². The standard InChI is InChI=1S/C42H39N/c1-41(2,3)28-13-15-31(16-14-28)43-39-24-38-35(23-36(39)34-17-12-27-8-4-5-9-32(27)40(34)43)33-10-6-7-11-37(33)42(38)29-19-25-18-26(21-29)22-30(42)20-25/h4-17,23-26,29-30H,18-22H2,1-3H3. The molecule has 1 heteroatoms. The van der Waals surface area contributed by atoms with Crippen LogP contribution < -0.4 is 0 Å². The highest BCUT2D eigenvalue weighted by Crippen LogP contribution is 2.69. The Balaban J connectivity index is 1.32. The van der Waals surface area contributed by atoms with Gasteiger partial charge in [-0.3, -0.25) is 0 Å². The first kappa shape index (κ1) is 24.6. The van der Waals surface area contributed by atoms with Gasteiger partial charge in [-0.15, -0.1) is 0 Å². The molecule has 0 saturated heterocycles. The van der Waals surface area contributed by atoms with Crippen LogP contribution >= 0.6 is 0 Å². The summed E-state index contributed by atoms with van der Waals surface area (Å²) < 4.78 is 2.60. The van der Waals surface area contributed by atoms with Crippen molar-refractivity contribution in [3.63, 3.8) is 0 Å². The Morgan fingerprint density at radius 3 is 2.05 bits per heavy atom. The van der Waals surface area contributed by atoms with E-state index in [9.17, 15) is 0 Å². The van der Waals surface area contributed by atoms with Gasteiger partial charge in [0.1, 0.15) is 0 Å². The van der Waals surface area contributed by atoms with Crippen LogP contribution in [0.15, 0.2) is 97.1 Å². The normalized spacial score (nSPS) is 27.0. The maximum atomic E-state index is 2.68. The smallest absolute Gasteiger partial charge is 0.0619 e. The van der Waals surface area contributed by atoms with Gasteiger partial charge in [0.2, 0.25) is 0 Å². The Labute approximate surface area is 254 Å². The lowest BCUT2D eigenvalue weighted by Gasteiger charge is -2.61. The molecule has 1 nitrogen and oxygen atoms in total. The van der Waals surface area contributed by atoms with Gasteiger partial charge in [0.15, 0.2) is 0 Å². The quantitative estimate of drug-likeness (QED) is 0.189. The van der Waals surface area contributed by atoms with Crippen molar-refractivity contribution < 1.29 is 0 Å². The van der Waals surface area contributed by atoms with Crippen molar-refractivity contribution in [3.05, 3.63) is 114 Å². The molecule has 43 heavy (non-hydrogen) atoms. The molecule has 5 aliphatic rings. The van der Waals surface area contributed by atoms with Crippen LogP contribution in [0, 0.1) is 23.7 Å². The highest BCUT2D eigenvalue weighted by molar-refractivity contribution is 6.19. The summed E-state index contributed by atoms with van der Waals surface area (Å²) in [5, 5.41) is 5.39. The van der Waals surface area contributed by atoms with Crippen LogP contribution in [0.1, 0.15) is 69.6 Å². The zero-order valence-electron chi connectivity index (χ0n) is 25.5. The molecule has 4 bridgehead atoms. The Hall–Kier alpha value is -3.84. The molecular weight excluding hydrogens is 518 g/mol. The van der Waals surface area contributed by atoms with Gasteiger partial charge in [-0.1, -0.05) is 93.6 Å². The van der Waals surface area contributed by atoms with E-state index >= 15 is 0 Å². The fourth-order valence-corrected chi connectivity index (χ4v) is 10.8. The lowest BCUT2D eigenvalue weighted by atomic mass is 9.43. The van der Waals surface area contributed by atoms with Gasteiger partial charge in [0, 0.05) is 27.3 Å². The van der Waals surface area contributed by atoms with E-state index in [2.05, 4.69) is 122 Å². The number of aromatic nitrogens is 1. The predicted octanol–water partition coefficient (Wildman–Crippen LogP) is 11.0. The minimum atomic E-state index is 0.129. The fraction of sp³-hybridized carbons (Fsp3) is 0.333. The predicted molar refractivity (Wildman–Crippen MR) is 180 cm³/mol. The molecule has 0 amide bonds. The number of fused-ring (bicyclic) bond motifs is 8. The van der Waals surface area contributed by atoms with Gasteiger partial charge in [-0.2, -0.15) is 0 Å². The maximum Gasteiger partial charge on any atom is 0.0619 e. The Bertz CT molecular complexity index is 2090. The Morgan fingerprint density at radius 2 is 1.30 bits per heavy atom. The van der Waals surface area contributed by atoms with Gasteiger partial charge < -0.3 is 4.57 Å². The van der Waals surface area contributed by atoms with E-state index in [0.717, 1.165) is 23.7 Å². The summed E-state index contributed by atoms with van der Waals surface area (Å²) in [6.45, 7) is 6.92. The third-order valence-electron chi connectivity index (χ3n) is 12.3. The minimum Gasteiger partial charge on any atom is -0.309 e. The van der Waals surface area contributed by atoms with Crippen molar-refractivity contribution in [2.45, 2.75) is 63.7 Å². The molecule has 0 radical (unpaired) electrons. The fourth-order valence-electron chi connectivity index (χ4n) is 10.8. The molecule has 1 heterocycles. The van der Waals surface area contributed by atoms with E-state index in [1.165, 1.54) is 87.1 Å². The molecule has 0 N–H and O–H groups in total. The number of hydrogen-bond acceptors (Lipinski definition) is 0. The number of benzene rings is 5. The molecule has 11 rings (SSSR count). The maximum absolute atomic E-state index is 2.68. The summed E-state index contributed by atoms with van der Waals surface area (Å²) in [6, 6.07) is 37.9. The molecule has 5 aliphatic carbocycles. The average Bonchev–Trinajstić information content (AvgIpc) is 3.49. The van der Waals surface area contributed by atoms with Gasteiger partial charge in [0.05, 0.1) is 11.0 Å². The number of rotatable bonds is 1. The summed E-state index contributed by atoms with van der Waals surface area (Å²) in [7, 11) is 0. The Morgan fingerprint density at radius 1 is 0.605 bits per heavy atom. The molecule has 5 aromatic carbocycles. The third kappa shape index (κ3) is 3.09. The van der Waals surface area contributed by atoms with Gasteiger partial charge in [-0.25, -0.2) is 0 Å². The van der Waals surface area contributed by atoms with E-state index in [1.54, 1.807) is 11.1 Å². The topological polar surface area (TPSA) is 4.93 Å². The van der Waals surface area contributed by atoms with Crippen LogP contribution in [0.5, 0.6) is 0 Å². The molecule has 6 aromatic rings. The SMILES string of the molecule is CC(C)(C)c1ccc(-n2c3cc4c(cc3c3ccc5ccccc5c32)-c2ccccc2C42C3CC4CC(C3)CC2C4)cc1. The van der Waals surface area contributed by atoms with E-state index in [1.807, 2.05) is 0 Å². The first-order valence-corrected chi connectivity index (χ1v) is 16.6. The molecule has 4 fully saturated rings. The molecule has 1 aromatic heterocycles. The highest BCUT2D eigenvalue weighted by atomic mass is 15.0.